The van der Waals surface area contributed by atoms with Gasteiger partial charge < -0.3 is 5.32 Å². The smallest absolute Gasteiger partial charge is 0.369 e. The Balaban J connectivity index is 2.47. The van der Waals surface area contributed by atoms with Crippen LogP contribution in [0.5, 0.6) is 0 Å². The Morgan fingerprint density at radius 3 is 2.41 bits per heavy atom. The van der Waals surface area contributed by atoms with E-state index in [-0.39, 0.29) is 17.7 Å². The highest BCUT2D eigenvalue weighted by atomic mass is 19.4. The molecule has 1 N–H and O–H groups in total. The van der Waals surface area contributed by atoms with Gasteiger partial charge in [-0.1, -0.05) is 0 Å². The van der Waals surface area contributed by atoms with Crippen molar-refractivity contribution in [3.05, 3.63) is 34.9 Å². The summed E-state index contributed by atoms with van der Waals surface area (Å²) in [6.45, 7) is 4.63. The summed E-state index contributed by atoms with van der Waals surface area (Å²) in [5.41, 5.74) is -3.37. The van der Waals surface area contributed by atoms with Crippen LogP contribution in [0.1, 0.15) is 31.1 Å². The van der Waals surface area contributed by atoms with Crippen LogP contribution in [0.25, 0.3) is 5.69 Å². The maximum absolute atomic E-state index is 14.1. The van der Waals surface area contributed by atoms with Gasteiger partial charge in [-0.15, -0.1) is 10.2 Å². The number of alkyl halides is 3. The molecule has 1 aromatic heterocycles. The molecule has 4 nitrogen and oxygen atoms in total. The van der Waals surface area contributed by atoms with E-state index < -0.39 is 40.3 Å². The lowest BCUT2D eigenvalue weighted by Gasteiger charge is -2.35. The van der Waals surface area contributed by atoms with E-state index in [9.17, 15) is 22.0 Å². The van der Waals surface area contributed by atoms with Crippen molar-refractivity contribution in [2.75, 3.05) is 5.32 Å². The largest absolute Gasteiger partial charge is 0.418 e. The number of hydrogen-bond donors (Lipinski definition) is 1. The number of nitrogens with one attached hydrogen (secondary N) is 1. The summed E-state index contributed by atoms with van der Waals surface area (Å²) in [7, 11) is 0. The molecule has 0 aliphatic carbocycles. The minimum absolute atomic E-state index is 0.150. The summed E-state index contributed by atoms with van der Waals surface area (Å²) >= 11 is 0. The number of fused-ring (bicyclic) bond motifs is 3. The van der Waals surface area contributed by atoms with Crippen molar-refractivity contribution in [3.63, 3.8) is 0 Å². The molecule has 0 atom stereocenters. The van der Waals surface area contributed by atoms with Crippen LogP contribution in [0, 0.1) is 18.6 Å². The quantitative estimate of drug-likeness (QED) is 0.756. The molecule has 1 aliphatic rings. The average Bonchev–Trinajstić information content (AvgIpc) is 2.76. The van der Waals surface area contributed by atoms with Gasteiger partial charge in [-0.05, 0) is 26.8 Å². The van der Waals surface area contributed by atoms with Gasteiger partial charge in [-0.25, -0.2) is 8.78 Å². The first-order chi connectivity index (χ1) is 10.0. The van der Waals surface area contributed by atoms with E-state index >= 15 is 0 Å². The van der Waals surface area contributed by atoms with Gasteiger partial charge in [0.25, 0.3) is 0 Å². The topological polar surface area (TPSA) is 42.7 Å². The standard InChI is InChI=1S/C13H11F5N4/c1-5-20-21-11-12(2,3)19-9-8(15)7(14)4-6(13(16,17)18)10(9)22(5)11/h4,19H,1-3H3. The van der Waals surface area contributed by atoms with Crippen LogP contribution in [0.3, 0.4) is 0 Å². The third-order valence-electron chi connectivity index (χ3n) is 3.54. The second-order valence-electron chi connectivity index (χ2n) is 5.60. The Morgan fingerprint density at radius 1 is 1.18 bits per heavy atom. The van der Waals surface area contributed by atoms with Gasteiger partial charge in [-0.2, -0.15) is 13.2 Å². The van der Waals surface area contributed by atoms with E-state index in [4.69, 9.17) is 0 Å². The Bertz CT molecular complexity index is 776. The van der Waals surface area contributed by atoms with Crippen LogP contribution in [0.4, 0.5) is 27.6 Å². The lowest BCUT2D eigenvalue weighted by molar-refractivity contribution is -0.137. The fourth-order valence-electron chi connectivity index (χ4n) is 2.58. The number of benzene rings is 1. The molecule has 1 aliphatic heterocycles. The minimum Gasteiger partial charge on any atom is -0.369 e. The van der Waals surface area contributed by atoms with E-state index in [1.165, 1.54) is 6.92 Å². The number of hydrogen-bond acceptors (Lipinski definition) is 3. The zero-order valence-corrected chi connectivity index (χ0v) is 11.8. The number of aryl methyl sites for hydroxylation is 1. The zero-order chi connectivity index (χ0) is 16.4. The average molecular weight is 318 g/mol. The Morgan fingerprint density at radius 2 is 1.82 bits per heavy atom. The van der Waals surface area contributed by atoms with E-state index in [0.29, 0.717) is 0 Å². The molecule has 2 aromatic rings. The maximum atomic E-state index is 14.1. The molecule has 9 heteroatoms. The van der Waals surface area contributed by atoms with Crippen LogP contribution in [0.15, 0.2) is 6.07 Å². The molecule has 22 heavy (non-hydrogen) atoms. The number of rotatable bonds is 0. The van der Waals surface area contributed by atoms with E-state index in [1.807, 2.05) is 0 Å². The second kappa shape index (κ2) is 4.17. The molecule has 0 unspecified atom stereocenters. The molecule has 3 rings (SSSR count). The molecule has 0 saturated carbocycles. The Labute approximate surface area is 122 Å². The zero-order valence-electron chi connectivity index (χ0n) is 11.8. The van der Waals surface area contributed by atoms with Gasteiger partial charge in [0.1, 0.15) is 5.82 Å². The molecule has 118 valence electrons. The summed E-state index contributed by atoms with van der Waals surface area (Å²) in [5.74, 6) is -2.59. The van der Waals surface area contributed by atoms with Gasteiger partial charge in [-0.3, -0.25) is 4.57 Å². The van der Waals surface area contributed by atoms with Gasteiger partial charge in [0.05, 0.1) is 22.5 Å². The monoisotopic (exact) mass is 318 g/mol. The molecule has 0 radical (unpaired) electrons. The Hall–Kier alpha value is -2.19. The normalized spacial score (nSPS) is 16.0. The lowest BCUT2D eigenvalue weighted by atomic mass is 9.97. The van der Waals surface area contributed by atoms with Crippen molar-refractivity contribution in [1.82, 2.24) is 14.8 Å². The third kappa shape index (κ3) is 1.87. The van der Waals surface area contributed by atoms with Crippen molar-refractivity contribution in [2.24, 2.45) is 0 Å². The first-order valence-electron chi connectivity index (χ1n) is 6.34. The van der Waals surface area contributed by atoms with Crippen LogP contribution in [-0.4, -0.2) is 14.8 Å². The molecule has 0 fully saturated rings. The highest BCUT2D eigenvalue weighted by Gasteiger charge is 2.43. The Kier molecular flexibility index (Phi) is 2.80. The molecule has 1 aromatic carbocycles. The molecule has 0 saturated heterocycles. The summed E-state index contributed by atoms with van der Waals surface area (Å²) in [4.78, 5) is 0. The van der Waals surface area contributed by atoms with Crippen LogP contribution >= 0.6 is 0 Å². The third-order valence-corrected chi connectivity index (χ3v) is 3.54. The van der Waals surface area contributed by atoms with Crippen molar-refractivity contribution >= 4 is 5.69 Å². The molecule has 2 heterocycles. The van der Waals surface area contributed by atoms with Gasteiger partial charge in [0.2, 0.25) is 0 Å². The van der Waals surface area contributed by atoms with Crippen LogP contribution in [0.2, 0.25) is 0 Å². The predicted octanol–water partition coefficient (Wildman–Crippen LogP) is 3.53. The molecule has 0 amide bonds. The first kappa shape index (κ1) is 14.7. The van der Waals surface area contributed by atoms with Crippen LogP contribution in [-0.2, 0) is 11.7 Å². The van der Waals surface area contributed by atoms with E-state index in [0.717, 1.165) is 4.57 Å². The second-order valence-corrected chi connectivity index (χ2v) is 5.60. The summed E-state index contributed by atoms with van der Waals surface area (Å²) < 4.78 is 68.5. The van der Waals surface area contributed by atoms with Gasteiger partial charge >= 0.3 is 6.18 Å². The summed E-state index contributed by atoms with van der Waals surface area (Å²) in [6.07, 6.45) is -4.85. The number of halogens is 5. The maximum Gasteiger partial charge on any atom is 0.418 e. The predicted molar refractivity (Wildman–Crippen MR) is 67.7 cm³/mol. The molecular formula is C13H11F5N4. The number of nitrogens with zero attached hydrogens (tertiary/aromatic N) is 3. The fourth-order valence-corrected chi connectivity index (χ4v) is 2.58. The minimum atomic E-state index is -4.85. The SMILES string of the molecule is Cc1nnc2n1-c1c(C(F)(F)F)cc(F)c(F)c1NC2(C)C. The van der Waals surface area contributed by atoms with Crippen molar-refractivity contribution in [1.29, 1.82) is 0 Å². The fraction of sp³-hybridized carbons (Fsp3) is 0.385. The highest BCUT2D eigenvalue weighted by molar-refractivity contribution is 5.71. The number of anilines is 1. The van der Waals surface area contributed by atoms with Gasteiger partial charge in [0.15, 0.2) is 17.5 Å². The molecule has 0 spiro atoms. The van der Waals surface area contributed by atoms with E-state index in [1.54, 1.807) is 13.8 Å². The van der Waals surface area contributed by atoms with Crippen molar-refractivity contribution in [2.45, 2.75) is 32.5 Å². The first-order valence-corrected chi connectivity index (χ1v) is 6.34. The highest BCUT2D eigenvalue weighted by Crippen LogP contribution is 2.45. The van der Waals surface area contributed by atoms with Gasteiger partial charge in [0, 0.05) is 0 Å². The summed E-state index contributed by atoms with van der Waals surface area (Å²) in [5, 5.41) is 10.2. The number of aromatic nitrogens is 3. The van der Waals surface area contributed by atoms with Crippen molar-refractivity contribution < 1.29 is 22.0 Å². The van der Waals surface area contributed by atoms with E-state index in [2.05, 4.69) is 15.5 Å². The van der Waals surface area contributed by atoms with Crippen LogP contribution < -0.4 is 5.32 Å². The molecule has 0 bridgehead atoms. The molecular weight excluding hydrogens is 307 g/mol. The van der Waals surface area contributed by atoms with Crippen molar-refractivity contribution in [3.8, 4) is 5.69 Å². The summed E-state index contributed by atoms with van der Waals surface area (Å²) in [6, 6.07) is 0.150. The lowest BCUT2D eigenvalue weighted by Crippen LogP contribution is -2.37.